The highest BCUT2D eigenvalue weighted by molar-refractivity contribution is 6.36. The lowest BCUT2D eigenvalue weighted by Crippen LogP contribution is -2.14. The van der Waals surface area contributed by atoms with Crippen molar-refractivity contribution >= 4 is 40.9 Å². The molecule has 1 heterocycles. The summed E-state index contributed by atoms with van der Waals surface area (Å²) in [5, 5.41) is 17.1. The molecular weight excluding hydrogens is 347 g/mol. The molecule has 124 valence electrons. The number of halogens is 2. The zero-order valence-corrected chi connectivity index (χ0v) is 15.0. The van der Waals surface area contributed by atoms with Crippen molar-refractivity contribution in [3.05, 3.63) is 50.8 Å². The Labute approximate surface area is 150 Å². The second-order valence-corrected chi connectivity index (χ2v) is 5.99. The first-order valence-corrected chi connectivity index (χ1v) is 8.05. The molecule has 0 saturated heterocycles. The second-order valence-electron chi connectivity index (χ2n) is 5.15. The standard InChI is InChI=1S/C17H16Cl2N4O/c1-4-23-11(3)14(10(2)22-23)7-12(9-20)17(24)21-16-8-13(18)5-6-15(16)19/h5-8H,4H2,1-3H3,(H,21,24)/b12-7-. The summed E-state index contributed by atoms with van der Waals surface area (Å²) in [4.78, 5) is 12.4. The van der Waals surface area contributed by atoms with Gasteiger partial charge in [0.2, 0.25) is 0 Å². The SMILES string of the molecule is CCn1nc(C)c(/C=C(/C#N)C(=O)Nc2cc(Cl)ccc2Cl)c1C. The summed E-state index contributed by atoms with van der Waals surface area (Å²) in [7, 11) is 0. The van der Waals surface area contributed by atoms with Crippen molar-refractivity contribution in [1.82, 2.24) is 9.78 Å². The minimum Gasteiger partial charge on any atom is -0.320 e. The smallest absolute Gasteiger partial charge is 0.266 e. The highest BCUT2D eigenvalue weighted by Gasteiger charge is 2.15. The van der Waals surface area contributed by atoms with E-state index in [1.165, 1.54) is 12.1 Å². The van der Waals surface area contributed by atoms with E-state index in [1.807, 2.05) is 31.5 Å². The average Bonchev–Trinajstić information content (AvgIpc) is 2.82. The Morgan fingerprint density at radius 2 is 2.12 bits per heavy atom. The molecule has 0 aliphatic carbocycles. The van der Waals surface area contributed by atoms with Gasteiger partial charge >= 0.3 is 0 Å². The van der Waals surface area contributed by atoms with Crippen LogP contribution in [-0.4, -0.2) is 15.7 Å². The fourth-order valence-electron chi connectivity index (χ4n) is 2.30. The lowest BCUT2D eigenvalue weighted by Gasteiger charge is -2.07. The number of nitriles is 1. The van der Waals surface area contributed by atoms with Crippen LogP contribution in [0.25, 0.3) is 6.08 Å². The van der Waals surface area contributed by atoms with Crippen molar-refractivity contribution in [2.24, 2.45) is 0 Å². The van der Waals surface area contributed by atoms with Gasteiger partial charge in [-0.3, -0.25) is 9.48 Å². The number of aromatic nitrogens is 2. The number of nitrogens with one attached hydrogen (secondary N) is 1. The van der Waals surface area contributed by atoms with Crippen LogP contribution in [0.1, 0.15) is 23.9 Å². The van der Waals surface area contributed by atoms with Gasteiger partial charge in [0.05, 0.1) is 16.4 Å². The van der Waals surface area contributed by atoms with Crippen LogP contribution < -0.4 is 5.32 Å². The number of rotatable bonds is 4. The van der Waals surface area contributed by atoms with E-state index in [1.54, 1.807) is 12.1 Å². The van der Waals surface area contributed by atoms with Gasteiger partial charge in [0.1, 0.15) is 11.6 Å². The Morgan fingerprint density at radius 1 is 1.42 bits per heavy atom. The molecule has 1 N–H and O–H groups in total. The maximum absolute atomic E-state index is 12.4. The van der Waals surface area contributed by atoms with Gasteiger partial charge < -0.3 is 5.32 Å². The van der Waals surface area contributed by atoms with Crippen LogP contribution in [0.2, 0.25) is 10.0 Å². The molecule has 0 atom stereocenters. The van der Waals surface area contributed by atoms with E-state index in [4.69, 9.17) is 23.2 Å². The Hall–Kier alpha value is -2.29. The first-order chi connectivity index (χ1) is 11.4. The Balaban J connectivity index is 2.35. The fraction of sp³-hybridized carbons (Fsp3) is 0.235. The van der Waals surface area contributed by atoms with Crippen molar-refractivity contribution in [2.45, 2.75) is 27.3 Å². The zero-order chi connectivity index (χ0) is 17.9. The molecule has 1 aromatic heterocycles. The predicted octanol–water partition coefficient (Wildman–Crippen LogP) is 4.37. The summed E-state index contributed by atoms with van der Waals surface area (Å²) in [5.41, 5.74) is 2.74. The number of nitrogens with zero attached hydrogens (tertiary/aromatic N) is 3. The quantitative estimate of drug-likeness (QED) is 0.648. The highest BCUT2D eigenvalue weighted by Crippen LogP contribution is 2.26. The number of carbonyl (C=O) groups excluding carboxylic acids is 1. The molecule has 24 heavy (non-hydrogen) atoms. The summed E-state index contributed by atoms with van der Waals surface area (Å²) in [6, 6.07) is 6.65. The van der Waals surface area contributed by atoms with Gasteiger partial charge in [-0.15, -0.1) is 0 Å². The van der Waals surface area contributed by atoms with Gasteiger partial charge in [-0.1, -0.05) is 23.2 Å². The van der Waals surface area contributed by atoms with Gasteiger partial charge in [-0.05, 0) is 45.0 Å². The van der Waals surface area contributed by atoms with E-state index in [2.05, 4.69) is 10.4 Å². The molecule has 1 aromatic carbocycles. The third-order valence-corrected chi connectivity index (χ3v) is 4.13. The molecule has 1 amide bonds. The van der Waals surface area contributed by atoms with Crippen LogP contribution in [0.3, 0.4) is 0 Å². The number of anilines is 1. The van der Waals surface area contributed by atoms with E-state index >= 15 is 0 Å². The zero-order valence-electron chi connectivity index (χ0n) is 13.5. The minimum atomic E-state index is -0.551. The number of hydrogen-bond donors (Lipinski definition) is 1. The van der Waals surface area contributed by atoms with Crippen LogP contribution in [0.5, 0.6) is 0 Å². The van der Waals surface area contributed by atoms with Gasteiger partial charge in [0.15, 0.2) is 0 Å². The fourth-order valence-corrected chi connectivity index (χ4v) is 2.64. The second kappa shape index (κ2) is 7.52. The van der Waals surface area contributed by atoms with Crippen LogP contribution in [0.15, 0.2) is 23.8 Å². The van der Waals surface area contributed by atoms with E-state index in [0.717, 1.165) is 17.0 Å². The van der Waals surface area contributed by atoms with Crippen molar-refractivity contribution < 1.29 is 4.79 Å². The lowest BCUT2D eigenvalue weighted by molar-refractivity contribution is -0.112. The predicted molar refractivity (Wildman–Crippen MR) is 96.1 cm³/mol. The molecule has 2 aromatic rings. The molecule has 0 saturated carbocycles. The van der Waals surface area contributed by atoms with Crippen molar-refractivity contribution in [2.75, 3.05) is 5.32 Å². The van der Waals surface area contributed by atoms with E-state index in [9.17, 15) is 10.1 Å². The molecule has 0 spiro atoms. The number of amides is 1. The van der Waals surface area contributed by atoms with Crippen LogP contribution in [0, 0.1) is 25.2 Å². The maximum Gasteiger partial charge on any atom is 0.266 e. The first-order valence-electron chi connectivity index (χ1n) is 7.29. The van der Waals surface area contributed by atoms with Gasteiger partial charge in [0, 0.05) is 22.8 Å². The summed E-state index contributed by atoms with van der Waals surface area (Å²) >= 11 is 11.9. The minimum absolute atomic E-state index is 0.0344. The molecule has 2 rings (SSSR count). The van der Waals surface area contributed by atoms with Gasteiger partial charge in [-0.2, -0.15) is 10.4 Å². The maximum atomic E-state index is 12.4. The summed E-state index contributed by atoms with van der Waals surface area (Å²) in [6.07, 6.45) is 1.54. The number of benzene rings is 1. The van der Waals surface area contributed by atoms with E-state index in [-0.39, 0.29) is 5.57 Å². The van der Waals surface area contributed by atoms with Crippen LogP contribution in [0.4, 0.5) is 5.69 Å². The van der Waals surface area contributed by atoms with Gasteiger partial charge in [0.25, 0.3) is 5.91 Å². The number of hydrogen-bond acceptors (Lipinski definition) is 3. The molecule has 0 bridgehead atoms. The van der Waals surface area contributed by atoms with Gasteiger partial charge in [-0.25, -0.2) is 0 Å². The summed E-state index contributed by atoms with van der Waals surface area (Å²) in [6.45, 7) is 6.43. The molecule has 0 aliphatic heterocycles. The summed E-state index contributed by atoms with van der Waals surface area (Å²) in [5.74, 6) is -0.551. The monoisotopic (exact) mass is 362 g/mol. The third kappa shape index (κ3) is 3.78. The number of aryl methyl sites for hydroxylation is 2. The third-order valence-electron chi connectivity index (χ3n) is 3.57. The number of carbonyl (C=O) groups is 1. The average molecular weight is 363 g/mol. The largest absolute Gasteiger partial charge is 0.320 e. The van der Waals surface area contributed by atoms with E-state index < -0.39 is 5.91 Å². The van der Waals surface area contributed by atoms with Crippen LogP contribution in [-0.2, 0) is 11.3 Å². The molecule has 0 radical (unpaired) electrons. The van der Waals surface area contributed by atoms with Crippen molar-refractivity contribution in [3.63, 3.8) is 0 Å². The Kier molecular flexibility index (Phi) is 5.66. The Bertz CT molecular complexity index is 862. The normalized spacial score (nSPS) is 11.2. The molecule has 0 aliphatic rings. The molecular formula is C17H16Cl2N4O. The molecule has 0 unspecified atom stereocenters. The summed E-state index contributed by atoms with van der Waals surface area (Å²) < 4.78 is 1.82. The Morgan fingerprint density at radius 3 is 2.71 bits per heavy atom. The van der Waals surface area contributed by atoms with Crippen molar-refractivity contribution in [3.8, 4) is 6.07 Å². The topological polar surface area (TPSA) is 70.7 Å². The first kappa shape index (κ1) is 18.1. The van der Waals surface area contributed by atoms with Crippen molar-refractivity contribution in [1.29, 1.82) is 5.26 Å². The molecule has 7 heteroatoms. The molecule has 5 nitrogen and oxygen atoms in total. The highest BCUT2D eigenvalue weighted by atomic mass is 35.5. The van der Waals surface area contributed by atoms with E-state index in [0.29, 0.717) is 22.3 Å². The molecule has 0 fully saturated rings. The lowest BCUT2D eigenvalue weighted by atomic mass is 10.1. The van der Waals surface area contributed by atoms with Crippen LogP contribution >= 0.6 is 23.2 Å².